The van der Waals surface area contributed by atoms with Crippen LogP contribution in [0.25, 0.3) is 10.8 Å². The molecule has 208 valence electrons. The van der Waals surface area contributed by atoms with Gasteiger partial charge in [-0.15, -0.1) is 0 Å². The summed E-state index contributed by atoms with van der Waals surface area (Å²) in [6.45, 7) is -0.183. The number of hydrazine groups is 1. The van der Waals surface area contributed by atoms with Crippen molar-refractivity contribution in [1.29, 1.82) is 0 Å². The number of aromatic nitrogens is 1. The fourth-order valence-corrected chi connectivity index (χ4v) is 4.80. The Morgan fingerprint density at radius 1 is 0.902 bits per heavy atom. The van der Waals surface area contributed by atoms with Gasteiger partial charge in [0.15, 0.2) is 5.11 Å². The number of rotatable bonds is 6. The number of thiocarbonyl (C=S) groups is 1. The van der Waals surface area contributed by atoms with Crippen molar-refractivity contribution in [2.45, 2.75) is 18.6 Å². The smallest absolute Gasteiger partial charge is 0.356 e. The molecule has 0 aliphatic carbocycles. The molecule has 0 saturated carbocycles. The van der Waals surface area contributed by atoms with Gasteiger partial charge in [-0.2, -0.15) is 13.2 Å². The van der Waals surface area contributed by atoms with Gasteiger partial charge in [0.1, 0.15) is 0 Å². The minimum Gasteiger partial charge on any atom is -0.356 e. The van der Waals surface area contributed by atoms with Crippen molar-refractivity contribution in [2.24, 2.45) is 0 Å². The van der Waals surface area contributed by atoms with E-state index in [4.69, 9.17) is 12.2 Å². The van der Waals surface area contributed by atoms with Crippen molar-refractivity contribution in [3.05, 3.63) is 113 Å². The summed E-state index contributed by atoms with van der Waals surface area (Å²) in [6.07, 6.45) is -1.26. The Balaban J connectivity index is 1.30. The third-order valence-corrected chi connectivity index (χ3v) is 6.77. The van der Waals surface area contributed by atoms with Crippen LogP contribution >= 0.6 is 12.2 Å². The van der Waals surface area contributed by atoms with Crippen molar-refractivity contribution in [2.75, 3.05) is 6.54 Å². The molecule has 3 aromatic carbocycles. The number of benzene rings is 3. The molecule has 12 heteroatoms. The van der Waals surface area contributed by atoms with E-state index in [1.54, 1.807) is 48.8 Å². The molecule has 0 fully saturated rings. The Kier molecular flexibility index (Phi) is 7.66. The molecule has 1 atom stereocenters. The van der Waals surface area contributed by atoms with Gasteiger partial charge in [-0.1, -0.05) is 36.4 Å². The van der Waals surface area contributed by atoms with Gasteiger partial charge in [0.2, 0.25) is 0 Å². The number of alkyl halides is 3. The molecule has 0 saturated heterocycles. The van der Waals surface area contributed by atoms with Gasteiger partial charge in [0, 0.05) is 29.9 Å². The first-order valence-corrected chi connectivity index (χ1v) is 12.8. The van der Waals surface area contributed by atoms with E-state index in [2.05, 4.69) is 21.2 Å². The fraction of sp³-hybridized carbons (Fsp3) is 0.138. The molecular formula is C29H22F3N5O3S. The maximum absolute atomic E-state index is 13.3. The molecule has 8 nitrogen and oxygen atoms in total. The number of nitrogens with one attached hydrogen (secondary N) is 3. The lowest BCUT2D eigenvalue weighted by Gasteiger charge is -2.25. The Labute approximate surface area is 237 Å². The Morgan fingerprint density at radius 3 is 2.34 bits per heavy atom. The second kappa shape index (κ2) is 11.3. The van der Waals surface area contributed by atoms with Crippen LogP contribution in [0.15, 0.2) is 85.2 Å². The Hall–Kier alpha value is -4.84. The van der Waals surface area contributed by atoms with Crippen LogP contribution in [0.5, 0.6) is 0 Å². The van der Waals surface area contributed by atoms with E-state index in [9.17, 15) is 27.6 Å². The first kappa shape index (κ1) is 27.7. The molecule has 2 heterocycles. The number of hydrogen-bond acceptors (Lipinski definition) is 5. The van der Waals surface area contributed by atoms with Gasteiger partial charge in [-0.3, -0.25) is 35.1 Å². The van der Waals surface area contributed by atoms with Crippen LogP contribution in [0.4, 0.5) is 13.2 Å². The zero-order valence-electron chi connectivity index (χ0n) is 21.2. The third kappa shape index (κ3) is 6.17. The lowest BCUT2D eigenvalue weighted by atomic mass is 10.0. The largest absolute Gasteiger partial charge is 0.416 e. The van der Waals surface area contributed by atoms with Crippen molar-refractivity contribution < 1.29 is 27.6 Å². The SMILES string of the molecule is O=C(NNC(=S)N[C@H](Cc1cccc(C(F)(F)F)c1)CN1C(=O)c2ccccc2C1=O)c1ccc2cnccc2c1. The van der Waals surface area contributed by atoms with Gasteiger partial charge < -0.3 is 5.32 Å². The highest BCUT2D eigenvalue weighted by molar-refractivity contribution is 7.80. The van der Waals surface area contributed by atoms with Gasteiger partial charge in [0.25, 0.3) is 17.7 Å². The highest BCUT2D eigenvalue weighted by Gasteiger charge is 2.37. The number of pyridine rings is 1. The molecule has 1 aliphatic heterocycles. The van der Waals surface area contributed by atoms with Crippen molar-refractivity contribution in [1.82, 2.24) is 26.1 Å². The Morgan fingerprint density at radius 2 is 1.63 bits per heavy atom. The average molecular weight is 578 g/mol. The minimum atomic E-state index is -4.54. The number of hydrogen-bond donors (Lipinski definition) is 3. The van der Waals surface area contributed by atoms with Crippen molar-refractivity contribution in [3.63, 3.8) is 0 Å². The highest BCUT2D eigenvalue weighted by Crippen LogP contribution is 2.30. The molecule has 1 aliphatic rings. The van der Waals surface area contributed by atoms with Crippen LogP contribution < -0.4 is 16.2 Å². The number of nitrogens with zero attached hydrogens (tertiary/aromatic N) is 2. The van der Waals surface area contributed by atoms with Gasteiger partial charge in [-0.05, 0) is 66.0 Å². The lowest BCUT2D eigenvalue weighted by molar-refractivity contribution is -0.137. The molecule has 1 aromatic heterocycles. The van der Waals surface area contributed by atoms with Gasteiger partial charge in [-0.25, -0.2) is 0 Å². The number of imide groups is 1. The second-order valence-corrected chi connectivity index (χ2v) is 9.76. The van der Waals surface area contributed by atoms with E-state index < -0.39 is 35.5 Å². The number of halogens is 3. The molecule has 41 heavy (non-hydrogen) atoms. The lowest BCUT2D eigenvalue weighted by Crippen LogP contribution is -2.53. The minimum absolute atomic E-state index is 0.00813. The molecule has 0 spiro atoms. The Bertz CT molecular complexity index is 1640. The van der Waals surface area contributed by atoms with E-state index in [0.717, 1.165) is 27.8 Å². The van der Waals surface area contributed by atoms with Crippen LogP contribution in [0.1, 0.15) is 42.2 Å². The molecular weight excluding hydrogens is 555 g/mol. The quantitative estimate of drug-likeness (QED) is 0.179. The topological polar surface area (TPSA) is 103 Å². The molecule has 5 rings (SSSR count). The summed E-state index contributed by atoms with van der Waals surface area (Å²) in [6, 6.07) is 17.2. The van der Waals surface area contributed by atoms with Crippen LogP contribution in [-0.2, 0) is 12.6 Å². The zero-order chi connectivity index (χ0) is 29.1. The van der Waals surface area contributed by atoms with E-state index in [1.165, 1.54) is 24.3 Å². The molecule has 3 N–H and O–H groups in total. The summed E-state index contributed by atoms with van der Waals surface area (Å²) in [4.78, 5) is 43.7. The van der Waals surface area contributed by atoms with Gasteiger partial charge >= 0.3 is 6.18 Å². The zero-order valence-corrected chi connectivity index (χ0v) is 22.1. The summed E-state index contributed by atoms with van der Waals surface area (Å²) >= 11 is 5.33. The van der Waals surface area contributed by atoms with Crippen LogP contribution in [0.3, 0.4) is 0 Å². The monoisotopic (exact) mass is 577 g/mol. The van der Waals surface area contributed by atoms with E-state index in [0.29, 0.717) is 11.1 Å². The van der Waals surface area contributed by atoms with Crippen molar-refractivity contribution >= 4 is 45.8 Å². The molecule has 3 amide bonds. The summed E-state index contributed by atoms with van der Waals surface area (Å²) in [5.41, 5.74) is 5.40. The van der Waals surface area contributed by atoms with E-state index in [-0.39, 0.29) is 29.2 Å². The second-order valence-electron chi connectivity index (χ2n) is 9.36. The predicted molar refractivity (Wildman–Crippen MR) is 149 cm³/mol. The number of fused-ring (bicyclic) bond motifs is 2. The third-order valence-electron chi connectivity index (χ3n) is 6.55. The van der Waals surface area contributed by atoms with E-state index >= 15 is 0 Å². The number of carbonyl (C=O) groups excluding carboxylic acids is 3. The number of amides is 3. The standard InChI is InChI=1S/C29H22F3N5O3S/c30-29(31,32)21-5-3-4-17(12-21)13-22(16-37-26(39)23-6-1-2-7-24(23)27(37)40)34-28(41)36-35-25(38)19-8-9-20-15-33-11-10-18(20)14-19/h1-12,14-15,22H,13,16H2,(H,35,38)(H2,34,36,41)/t22-/m1/s1. The van der Waals surface area contributed by atoms with Crippen LogP contribution in [-0.4, -0.2) is 45.3 Å². The van der Waals surface area contributed by atoms with E-state index in [1.807, 2.05) is 0 Å². The molecule has 4 aromatic rings. The molecule has 0 radical (unpaired) electrons. The fourth-order valence-electron chi connectivity index (χ4n) is 4.58. The first-order valence-electron chi connectivity index (χ1n) is 12.4. The van der Waals surface area contributed by atoms with Crippen molar-refractivity contribution in [3.8, 4) is 0 Å². The van der Waals surface area contributed by atoms with Crippen LogP contribution in [0, 0.1) is 0 Å². The van der Waals surface area contributed by atoms with Gasteiger partial charge in [0.05, 0.1) is 22.7 Å². The summed E-state index contributed by atoms with van der Waals surface area (Å²) in [5.74, 6) is -1.51. The highest BCUT2D eigenvalue weighted by atomic mass is 32.1. The summed E-state index contributed by atoms with van der Waals surface area (Å²) in [7, 11) is 0. The predicted octanol–water partition coefficient (Wildman–Crippen LogP) is 4.27. The maximum atomic E-state index is 13.3. The normalized spacial score (nSPS) is 13.6. The average Bonchev–Trinajstić information content (AvgIpc) is 3.20. The van der Waals surface area contributed by atoms with Crippen LogP contribution in [0.2, 0.25) is 0 Å². The summed E-state index contributed by atoms with van der Waals surface area (Å²) in [5, 5.41) is 4.54. The summed E-state index contributed by atoms with van der Waals surface area (Å²) < 4.78 is 39.9. The molecule has 0 bridgehead atoms. The molecule has 0 unspecified atom stereocenters. The first-order chi connectivity index (χ1) is 19.6. The number of carbonyl (C=O) groups is 3. The maximum Gasteiger partial charge on any atom is 0.416 e.